The molecule has 0 bridgehead atoms. The van der Waals surface area contributed by atoms with E-state index in [1.165, 1.54) is 25.3 Å². The molecule has 0 radical (unpaired) electrons. The average molecular weight is 440 g/mol. The Kier molecular flexibility index (Phi) is 5.68. The van der Waals surface area contributed by atoms with E-state index < -0.39 is 10.0 Å². The number of methoxy groups -OCH3 is 1. The van der Waals surface area contributed by atoms with Gasteiger partial charge in [0, 0.05) is 23.0 Å². The van der Waals surface area contributed by atoms with Crippen LogP contribution in [0.1, 0.15) is 10.4 Å². The molecule has 0 saturated heterocycles. The van der Waals surface area contributed by atoms with E-state index >= 15 is 0 Å². The summed E-state index contributed by atoms with van der Waals surface area (Å²) in [4.78, 5) is 12.7. The van der Waals surface area contributed by atoms with Gasteiger partial charge in [-0.1, -0.05) is 6.07 Å². The van der Waals surface area contributed by atoms with Gasteiger partial charge < -0.3 is 19.5 Å². The summed E-state index contributed by atoms with van der Waals surface area (Å²) in [5.74, 6) is 1.35. The molecule has 1 heterocycles. The lowest BCUT2D eigenvalue weighted by Gasteiger charge is -2.19. The van der Waals surface area contributed by atoms with E-state index in [0.717, 1.165) is 0 Å². The number of anilines is 2. The summed E-state index contributed by atoms with van der Waals surface area (Å²) >= 11 is 0. The number of hydrogen-bond donors (Lipinski definition) is 2. The van der Waals surface area contributed by atoms with Crippen LogP contribution in [-0.2, 0) is 10.0 Å². The van der Waals surface area contributed by atoms with Crippen LogP contribution in [-0.4, -0.2) is 34.6 Å². The Labute approximate surface area is 179 Å². The summed E-state index contributed by atoms with van der Waals surface area (Å²) in [7, 11) is -2.31. The monoisotopic (exact) mass is 440 g/mol. The summed E-state index contributed by atoms with van der Waals surface area (Å²) in [6.45, 7) is 0.929. The molecule has 0 saturated carbocycles. The van der Waals surface area contributed by atoms with Crippen LogP contribution >= 0.6 is 0 Å². The van der Waals surface area contributed by atoms with Gasteiger partial charge in [-0.15, -0.1) is 0 Å². The number of fused-ring (bicyclic) bond motifs is 1. The molecule has 8 nitrogen and oxygen atoms in total. The van der Waals surface area contributed by atoms with E-state index in [1.807, 2.05) is 0 Å². The summed E-state index contributed by atoms with van der Waals surface area (Å²) < 4.78 is 43.8. The highest BCUT2D eigenvalue weighted by Crippen LogP contribution is 2.32. The van der Waals surface area contributed by atoms with Gasteiger partial charge >= 0.3 is 0 Å². The Morgan fingerprint density at radius 1 is 0.903 bits per heavy atom. The zero-order chi connectivity index (χ0) is 21.8. The average Bonchev–Trinajstić information content (AvgIpc) is 2.79. The number of carbonyl (C=O) groups is 1. The van der Waals surface area contributed by atoms with E-state index in [2.05, 4.69) is 10.0 Å². The fourth-order valence-corrected chi connectivity index (χ4v) is 4.07. The lowest BCUT2D eigenvalue weighted by atomic mass is 10.2. The standard InChI is InChI=1S/C22H20N2O6S/c1-28-18-6-8-19(9-7-18)31(26,27)24-17-4-2-3-15(13-17)22(25)23-16-5-10-20-21(14-16)30-12-11-29-20/h2-10,13-14,24H,11-12H2,1H3,(H,23,25). The van der Waals surface area contributed by atoms with Crippen LogP contribution in [0.5, 0.6) is 17.2 Å². The Morgan fingerprint density at radius 3 is 2.39 bits per heavy atom. The van der Waals surface area contributed by atoms with Crippen LogP contribution in [0.2, 0.25) is 0 Å². The minimum absolute atomic E-state index is 0.0828. The van der Waals surface area contributed by atoms with Crippen LogP contribution in [0.25, 0.3) is 0 Å². The fourth-order valence-electron chi connectivity index (χ4n) is 3.02. The molecule has 2 N–H and O–H groups in total. The SMILES string of the molecule is COc1ccc(S(=O)(=O)Nc2cccc(C(=O)Nc3ccc4c(c3)OCCO4)c2)cc1. The fraction of sp³-hybridized carbons (Fsp3) is 0.136. The Bertz CT molecular complexity index is 1210. The smallest absolute Gasteiger partial charge is 0.261 e. The molecule has 0 atom stereocenters. The minimum atomic E-state index is -3.82. The zero-order valence-electron chi connectivity index (χ0n) is 16.6. The molecule has 1 amide bonds. The number of amides is 1. The summed E-state index contributed by atoms with van der Waals surface area (Å²) in [6.07, 6.45) is 0. The highest BCUT2D eigenvalue weighted by atomic mass is 32.2. The quantitative estimate of drug-likeness (QED) is 0.608. The van der Waals surface area contributed by atoms with E-state index in [4.69, 9.17) is 14.2 Å². The molecular weight excluding hydrogens is 420 g/mol. The number of ether oxygens (including phenoxy) is 3. The number of rotatable bonds is 6. The van der Waals surface area contributed by atoms with Crippen molar-refractivity contribution in [2.75, 3.05) is 30.4 Å². The van der Waals surface area contributed by atoms with Crippen molar-refractivity contribution in [3.63, 3.8) is 0 Å². The number of nitrogens with one attached hydrogen (secondary N) is 2. The van der Waals surface area contributed by atoms with Crippen LogP contribution < -0.4 is 24.2 Å². The third kappa shape index (κ3) is 4.72. The van der Waals surface area contributed by atoms with Crippen molar-refractivity contribution in [1.29, 1.82) is 0 Å². The van der Waals surface area contributed by atoms with E-state index in [0.29, 0.717) is 41.7 Å². The topological polar surface area (TPSA) is 103 Å². The van der Waals surface area contributed by atoms with E-state index in [9.17, 15) is 13.2 Å². The van der Waals surface area contributed by atoms with Gasteiger partial charge in [-0.05, 0) is 54.6 Å². The molecule has 0 unspecified atom stereocenters. The molecule has 1 aliphatic rings. The normalized spacial score (nSPS) is 12.7. The van der Waals surface area contributed by atoms with Crippen molar-refractivity contribution >= 4 is 27.3 Å². The van der Waals surface area contributed by atoms with E-state index in [1.54, 1.807) is 48.5 Å². The maximum Gasteiger partial charge on any atom is 0.261 e. The largest absolute Gasteiger partial charge is 0.497 e. The van der Waals surface area contributed by atoms with Gasteiger partial charge in [0.05, 0.1) is 12.0 Å². The van der Waals surface area contributed by atoms with Crippen LogP contribution in [0.3, 0.4) is 0 Å². The van der Waals surface area contributed by atoms with Crippen LogP contribution in [0, 0.1) is 0 Å². The van der Waals surface area contributed by atoms with Crippen LogP contribution in [0.4, 0.5) is 11.4 Å². The maximum atomic E-state index is 12.7. The Morgan fingerprint density at radius 2 is 1.65 bits per heavy atom. The maximum absolute atomic E-state index is 12.7. The van der Waals surface area contributed by atoms with Crippen molar-refractivity contribution in [2.24, 2.45) is 0 Å². The van der Waals surface area contributed by atoms with E-state index in [-0.39, 0.29) is 16.5 Å². The van der Waals surface area contributed by atoms with Gasteiger partial charge in [-0.25, -0.2) is 8.42 Å². The minimum Gasteiger partial charge on any atom is -0.497 e. The molecule has 160 valence electrons. The molecule has 0 aromatic heterocycles. The highest BCUT2D eigenvalue weighted by Gasteiger charge is 2.16. The van der Waals surface area contributed by atoms with Gasteiger partial charge in [-0.3, -0.25) is 9.52 Å². The number of hydrogen-bond acceptors (Lipinski definition) is 6. The molecule has 31 heavy (non-hydrogen) atoms. The third-order valence-electron chi connectivity index (χ3n) is 4.55. The second-order valence-corrected chi connectivity index (χ2v) is 8.36. The molecular formula is C22H20N2O6S. The van der Waals surface area contributed by atoms with Gasteiger partial charge in [-0.2, -0.15) is 0 Å². The van der Waals surface area contributed by atoms with Gasteiger partial charge in [0.2, 0.25) is 0 Å². The summed E-state index contributed by atoms with van der Waals surface area (Å²) in [6, 6.07) is 17.4. The van der Waals surface area contributed by atoms with Gasteiger partial charge in [0.15, 0.2) is 11.5 Å². The van der Waals surface area contributed by atoms with Crippen molar-refractivity contribution in [2.45, 2.75) is 4.90 Å². The Hall–Kier alpha value is -3.72. The molecule has 0 spiro atoms. The molecule has 9 heteroatoms. The van der Waals surface area contributed by atoms with Gasteiger partial charge in [0.1, 0.15) is 19.0 Å². The summed E-state index contributed by atoms with van der Waals surface area (Å²) in [5.41, 5.74) is 1.11. The number of benzene rings is 3. The predicted octanol–water partition coefficient (Wildman–Crippen LogP) is 3.52. The van der Waals surface area contributed by atoms with Gasteiger partial charge in [0.25, 0.3) is 15.9 Å². The first-order chi connectivity index (χ1) is 14.9. The van der Waals surface area contributed by atoms with Crippen molar-refractivity contribution in [3.8, 4) is 17.2 Å². The lowest BCUT2D eigenvalue weighted by Crippen LogP contribution is -2.17. The number of carbonyl (C=O) groups excluding carboxylic acids is 1. The predicted molar refractivity (Wildman–Crippen MR) is 116 cm³/mol. The first kappa shape index (κ1) is 20.5. The van der Waals surface area contributed by atoms with Crippen molar-refractivity contribution in [1.82, 2.24) is 0 Å². The van der Waals surface area contributed by atoms with Crippen LogP contribution in [0.15, 0.2) is 71.6 Å². The van der Waals surface area contributed by atoms with Crippen molar-refractivity contribution < 1.29 is 27.4 Å². The zero-order valence-corrected chi connectivity index (χ0v) is 17.4. The first-order valence-electron chi connectivity index (χ1n) is 9.42. The second kappa shape index (κ2) is 8.57. The molecule has 0 fully saturated rings. The molecule has 1 aliphatic heterocycles. The third-order valence-corrected chi connectivity index (χ3v) is 5.94. The lowest BCUT2D eigenvalue weighted by molar-refractivity contribution is 0.102. The highest BCUT2D eigenvalue weighted by molar-refractivity contribution is 7.92. The molecule has 4 rings (SSSR count). The Balaban J connectivity index is 1.49. The molecule has 0 aliphatic carbocycles. The number of sulfonamides is 1. The van der Waals surface area contributed by atoms with Crippen molar-refractivity contribution in [3.05, 3.63) is 72.3 Å². The first-order valence-corrected chi connectivity index (χ1v) is 10.9. The summed E-state index contributed by atoms with van der Waals surface area (Å²) in [5, 5.41) is 2.78. The second-order valence-electron chi connectivity index (χ2n) is 6.67. The molecule has 3 aromatic rings. The molecule has 3 aromatic carbocycles.